The summed E-state index contributed by atoms with van der Waals surface area (Å²) in [6, 6.07) is 0. The Morgan fingerprint density at radius 2 is 2.28 bits per heavy atom. The van der Waals surface area contributed by atoms with Gasteiger partial charge < -0.3 is 4.98 Å². The van der Waals surface area contributed by atoms with E-state index in [1.54, 1.807) is 0 Å². The van der Waals surface area contributed by atoms with Crippen molar-refractivity contribution in [2.45, 2.75) is 11.4 Å². The molecule has 1 saturated heterocycles. The van der Waals surface area contributed by atoms with Gasteiger partial charge in [-0.3, -0.25) is 0 Å². The highest BCUT2D eigenvalue weighted by Gasteiger charge is 2.28. The number of hydrogen-bond acceptors (Lipinski definition) is 5. The average Bonchev–Trinajstić information content (AvgIpc) is 2.88. The summed E-state index contributed by atoms with van der Waals surface area (Å²) in [6.45, 7) is 0.643. The van der Waals surface area contributed by atoms with Gasteiger partial charge in [0.2, 0.25) is 10.0 Å². The first kappa shape index (κ1) is 13.5. The maximum absolute atomic E-state index is 11.7. The molecule has 10 heteroatoms. The van der Waals surface area contributed by atoms with E-state index in [4.69, 9.17) is 0 Å². The minimum atomic E-state index is -3.64. The van der Waals surface area contributed by atoms with Crippen molar-refractivity contribution in [3.05, 3.63) is 12.5 Å². The Morgan fingerprint density at radius 3 is 2.83 bits per heavy atom. The highest BCUT2D eigenvalue weighted by molar-refractivity contribution is 7.89. The molecular formula is C8H14N4O4S2. The first-order valence-corrected chi connectivity index (χ1v) is 8.47. The molecule has 8 nitrogen and oxygen atoms in total. The van der Waals surface area contributed by atoms with Gasteiger partial charge in [0.15, 0.2) is 5.03 Å². The number of rotatable bonds is 5. The molecule has 2 N–H and O–H groups in total. The van der Waals surface area contributed by atoms with Crippen molar-refractivity contribution in [1.82, 2.24) is 19.0 Å². The second kappa shape index (κ2) is 4.96. The number of aromatic amines is 1. The van der Waals surface area contributed by atoms with Crippen LogP contribution in [0.4, 0.5) is 0 Å². The van der Waals surface area contributed by atoms with Crippen molar-refractivity contribution in [1.29, 1.82) is 0 Å². The first-order valence-electron chi connectivity index (χ1n) is 5.38. The van der Waals surface area contributed by atoms with Gasteiger partial charge in [-0.15, -0.1) is 0 Å². The molecule has 2 heterocycles. The molecule has 0 spiro atoms. The van der Waals surface area contributed by atoms with E-state index in [-0.39, 0.29) is 23.9 Å². The molecule has 1 aromatic heterocycles. The predicted molar refractivity (Wildman–Crippen MR) is 63.8 cm³/mol. The normalized spacial score (nSPS) is 20.2. The van der Waals surface area contributed by atoms with Crippen molar-refractivity contribution in [3.63, 3.8) is 0 Å². The van der Waals surface area contributed by atoms with Gasteiger partial charge in [-0.05, 0) is 6.42 Å². The predicted octanol–water partition coefficient (Wildman–Crippen LogP) is -1.28. The van der Waals surface area contributed by atoms with Gasteiger partial charge >= 0.3 is 0 Å². The number of imidazole rings is 1. The topological polar surface area (TPSA) is 112 Å². The highest BCUT2D eigenvalue weighted by atomic mass is 32.2. The summed E-state index contributed by atoms with van der Waals surface area (Å²) in [5.41, 5.74) is 0. The fourth-order valence-electron chi connectivity index (χ4n) is 1.71. The fraction of sp³-hybridized carbons (Fsp3) is 0.625. The molecule has 102 valence electrons. The Morgan fingerprint density at radius 1 is 1.50 bits per heavy atom. The molecule has 1 aliphatic heterocycles. The summed E-state index contributed by atoms with van der Waals surface area (Å²) in [4.78, 5) is 6.09. The third-order valence-electron chi connectivity index (χ3n) is 2.62. The lowest BCUT2D eigenvalue weighted by Crippen LogP contribution is -2.35. The molecule has 0 atom stereocenters. The zero-order chi connectivity index (χ0) is 13.2. The maximum Gasteiger partial charge on any atom is 0.257 e. The summed E-state index contributed by atoms with van der Waals surface area (Å²) in [6.07, 6.45) is 3.05. The number of sulfonamides is 2. The number of hydrogen-bond donors (Lipinski definition) is 2. The van der Waals surface area contributed by atoms with E-state index in [0.717, 1.165) is 0 Å². The van der Waals surface area contributed by atoms with E-state index >= 15 is 0 Å². The number of nitrogens with zero attached hydrogens (tertiary/aromatic N) is 2. The van der Waals surface area contributed by atoms with E-state index in [0.29, 0.717) is 13.0 Å². The fourth-order valence-corrected chi connectivity index (χ4v) is 4.17. The van der Waals surface area contributed by atoms with Crippen LogP contribution in [0.15, 0.2) is 17.6 Å². The van der Waals surface area contributed by atoms with E-state index in [1.165, 1.54) is 16.8 Å². The lowest BCUT2D eigenvalue weighted by molar-refractivity contribution is 0.444. The number of aromatic nitrogens is 2. The number of H-pyrrole nitrogens is 1. The zero-order valence-electron chi connectivity index (χ0n) is 9.53. The molecular weight excluding hydrogens is 280 g/mol. The second-order valence-corrected chi connectivity index (χ2v) is 7.71. The van der Waals surface area contributed by atoms with Crippen molar-refractivity contribution in [2.24, 2.45) is 0 Å². The molecule has 1 aromatic rings. The van der Waals surface area contributed by atoms with Crippen LogP contribution in [0.3, 0.4) is 0 Å². The Balaban J connectivity index is 1.90. The van der Waals surface area contributed by atoms with Gasteiger partial charge in [0.1, 0.15) is 0 Å². The van der Waals surface area contributed by atoms with Crippen LogP contribution >= 0.6 is 0 Å². The SMILES string of the molecule is O=S(=O)(NCCN1CCCS1(=O)=O)c1cnc[nH]1. The van der Waals surface area contributed by atoms with Gasteiger partial charge in [-0.1, -0.05) is 0 Å². The molecule has 1 fully saturated rings. The Bertz CT molecular complexity index is 593. The molecule has 0 amide bonds. The molecule has 0 aromatic carbocycles. The summed E-state index contributed by atoms with van der Waals surface area (Å²) in [5.74, 6) is 0.139. The van der Waals surface area contributed by atoms with E-state index in [2.05, 4.69) is 14.7 Å². The minimum absolute atomic E-state index is 0.0354. The summed E-state index contributed by atoms with van der Waals surface area (Å²) >= 11 is 0. The lowest BCUT2D eigenvalue weighted by atomic mass is 10.5. The zero-order valence-corrected chi connectivity index (χ0v) is 11.2. The van der Waals surface area contributed by atoms with Gasteiger partial charge in [-0.2, -0.15) is 0 Å². The monoisotopic (exact) mass is 294 g/mol. The summed E-state index contributed by atoms with van der Waals surface area (Å²) < 4.78 is 49.9. The van der Waals surface area contributed by atoms with Gasteiger partial charge in [0, 0.05) is 19.6 Å². The van der Waals surface area contributed by atoms with Gasteiger partial charge in [0.25, 0.3) is 10.0 Å². The maximum atomic E-state index is 11.7. The van der Waals surface area contributed by atoms with Crippen molar-refractivity contribution < 1.29 is 16.8 Å². The molecule has 2 rings (SSSR count). The van der Waals surface area contributed by atoms with Crippen LogP contribution in [0, 0.1) is 0 Å². The standard InChI is InChI=1S/C8H14N4O4S2/c13-17(14)5-1-3-12(17)4-2-11-18(15,16)8-6-9-7-10-8/h6-7,11H,1-5H2,(H,9,10). The van der Waals surface area contributed by atoms with Crippen LogP contribution in [-0.2, 0) is 20.0 Å². The molecule has 0 bridgehead atoms. The Hall–Kier alpha value is -0.970. The summed E-state index contributed by atoms with van der Waals surface area (Å²) in [7, 11) is -6.82. The molecule has 1 aliphatic rings. The van der Waals surface area contributed by atoms with Crippen LogP contribution in [0.25, 0.3) is 0 Å². The lowest BCUT2D eigenvalue weighted by Gasteiger charge is -2.14. The van der Waals surface area contributed by atoms with Crippen LogP contribution in [0.5, 0.6) is 0 Å². The number of nitrogens with one attached hydrogen (secondary N) is 2. The van der Waals surface area contributed by atoms with Crippen molar-refractivity contribution in [2.75, 3.05) is 25.4 Å². The minimum Gasteiger partial charge on any atom is -0.335 e. The Kier molecular flexibility index (Phi) is 3.71. The molecule has 0 unspecified atom stereocenters. The first-order chi connectivity index (χ1) is 8.42. The van der Waals surface area contributed by atoms with Crippen LogP contribution < -0.4 is 4.72 Å². The van der Waals surface area contributed by atoms with Crippen molar-refractivity contribution in [3.8, 4) is 0 Å². The quantitative estimate of drug-likeness (QED) is 0.702. The second-order valence-electron chi connectivity index (χ2n) is 3.88. The molecule has 0 aliphatic carbocycles. The smallest absolute Gasteiger partial charge is 0.257 e. The molecule has 18 heavy (non-hydrogen) atoms. The third-order valence-corrected chi connectivity index (χ3v) is 5.96. The van der Waals surface area contributed by atoms with Crippen molar-refractivity contribution >= 4 is 20.0 Å². The third kappa shape index (κ3) is 2.88. The Labute approximate surface area is 106 Å². The van der Waals surface area contributed by atoms with E-state index < -0.39 is 20.0 Å². The molecule has 0 radical (unpaired) electrons. The molecule has 0 saturated carbocycles. The van der Waals surface area contributed by atoms with Crippen LogP contribution in [0.1, 0.15) is 6.42 Å². The van der Waals surface area contributed by atoms with Gasteiger partial charge in [0.05, 0.1) is 18.3 Å². The van der Waals surface area contributed by atoms with E-state index in [1.807, 2.05) is 0 Å². The largest absolute Gasteiger partial charge is 0.335 e. The summed E-state index contributed by atoms with van der Waals surface area (Å²) in [5, 5.41) is -0.0354. The van der Waals surface area contributed by atoms with Crippen LogP contribution in [0.2, 0.25) is 0 Å². The van der Waals surface area contributed by atoms with Gasteiger partial charge in [-0.25, -0.2) is 30.8 Å². The highest BCUT2D eigenvalue weighted by Crippen LogP contribution is 2.12. The van der Waals surface area contributed by atoms with E-state index in [9.17, 15) is 16.8 Å². The average molecular weight is 294 g/mol. The van der Waals surface area contributed by atoms with Crippen LogP contribution in [-0.4, -0.2) is 56.5 Å².